The number of nitrogens with two attached hydrogens (primary N) is 1. The molecule has 2 bridgehead atoms. The average Bonchev–Trinajstić information content (AvgIpc) is 2.71. The molecular formula is C17H23ClN2O. The highest BCUT2D eigenvalue weighted by Gasteiger charge is 2.61. The van der Waals surface area contributed by atoms with Gasteiger partial charge in [0.2, 0.25) is 0 Å². The summed E-state index contributed by atoms with van der Waals surface area (Å²) in [6, 6.07) is 5.27. The summed E-state index contributed by atoms with van der Waals surface area (Å²) in [4.78, 5) is 12.5. The van der Waals surface area contributed by atoms with Crippen LogP contribution in [0.4, 0.5) is 5.69 Å². The van der Waals surface area contributed by atoms with Gasteiger partial charge in [-0.05, 0) is 54.2 Å². The van der Waals surface area contributed by atoms with Crippen LogP contribution in [0.3, 0.4) is 0 Å². The van der Waals surface area contributed by atoms with Crippen molar-refractivity contribution >= 4 is 23.2 Å². The second-order valence-corrected chi connectivity index (χ2v) is 7.78. The maximum Gasteiger partial charge on any atom is 0.253 e. The van der Waals surface area contributed by atoms with Gasteiger partial charge >= 0.3 is 0 Å². The summed E-state index contributed by atoms with van der Waals surface area (Å²) in [5.74, 6) is 0.615. The van der Waals surface area contributed by atoms with E-state index in [4.69, 9.17) is 17.3 Å². The second-order valence-electron chi connectivity index (χ2n) is 7.38. The fourth-order valence-electron chi connectivity index (χ4n) is 4.37. The van der Waals surface area contributed by atoms with Crippen LogP contribution in [-0.2, 0) is 0 Å². The lowest BCUT2D eigenvalue weighted by Crippen LogP contribution is -2.46. The number of rotatable bonds is 2. The van der Waals surface area contributed by atoms with Gasteiger partial charge in [0.15, 0.2) is 0 Å². The summed E-state index contributed by atoms with van der Waals surface area (Å²) in [6.45, 7) is 7.00. The van der Waals surface area contributed by atoms with Crippen molar-refractivity contribution in [3.8, 4) is 0 Å². The predicted molar refractivity (Wildman–Crippen MR) is 86.3 cm³/mol. The molecule has 3 unspecified atom stereocenters. The fraction of sp³-hybridized carbons (Fsp3) is 0.588. The molecule has 3 rings (SSSR count). The van der Waals surface area contributed by atoms with Crippen molar-refractivity contribution in [2.45, 2.75) is 46.1 Å². The van der Waals surface area contributed by atoms with Gasteiger partial charge in [0.05, 0.1) is 10.6 Å². The first kappa shape index (κ1) is 14.7. The van der Waals surface area contributed by atoms with E-state index in [2.05, 4.69) is 26.1 Å². The maximum atomic E-state index is 12.5. The number of amides is 1. The first-order chi connectivity index (χ1) is 9.75. The smallest absolute Gasteiger partial charge is 0.253 e. The van der Waals surface area contributed by atoms with Crippen molar-refractivity contribution < 1.29 is 4.79 Å². The zero-order chi connectivity index (χ0) is 15.4. The minimum Gasteiger partial charge on any atom is -0.399 e. The van der Waals surface area contributed by atoms with Crippen LogP contribution < -0.4 is 11.1 Å². The molecule has 2 aliphatic carbocycles. The SMILES string of the molecule is CC1(C)C2CCC1(C)C(NC(=O)c1ccc(N)cc1Cl)C2. The van der Waals surface area contributed by atoms with E-state index in [0.717, 1.165) is 6.42 Å². The zero-order valence-electron chi connectivity index (χ0n) is 12.9. The molecular weight excluding hydrogens is 284 g/mol. The Morgan fingerprint density at radius 2 is 2.10 bits per heavy atom. The number of benzene rings is 1. The quantitative estimate of drug-likeness (QED) is 0.815. The number of hydrogen-bond donors (Lipinski definition) is 2. The van der Waals surface area contributed by atoms with Crippen LogP contribution in [-0.4, -0.2) is 11.9 Å². The standard InChI is InChI=1S/C17H23ClN2O/c1-16(2)10-6-7-17(16,3)14(8-10)20-15(21)12-5-4-11(19)9-13(12)18/h4-5,9-10,14H,6-8,19H2,1-3H3,(H,20,21). The number of carbonyl (C=O) groups is 1. The Hall–Kier alpha value is -1.22. The van der Waals surface area contributed by atoms with Gasteiger partial charge in [-0.15, -0.1) is 0 Å². The van der Waals surface area contributed by atoms with E-state index in [9.17, 15) is 4.79 Å². The number of nitrogens with one attached hydrogen (secondary N) is 1. The first-order valence-corrected chi connectivity index (χ1v) is 7.99. The third-order valence-corrected chi connectivity index (χ3v) is 6.65. The maximum absolute atomic E-state index is 12.5. The van der Waals surface area contributed by atoms with Gasteiger partial charge in [-0.25, -0.2) is 0 Å². The molecule has 0 aliphatic heterocycles. The fourth-order valence-corrected chi connectivity index (χ4v) is 4.65. The molecule has 3 atom stereocenters. The molecule has 2 aliphatic rings. The van der Waals surface area contributed by atoms with Gasteiger partial charge in [0.1, 0.15) is 0 Å². The Kier molecular flexibility index (Phi) is 3.25. The van der Waals surface area contributed by atoms with Crippen LogP contribution >= 0.6 is 11.6 Å². The molecule has 0 radical (unpaired) electrons. The summed E-state index contributed by atoms with van der Waals surface area (Å²) in [6.07, 6.45) is 3.53. The number of carbonyl (C=O) groups excluding carboxylic acids is 1. The first-order valence-electron chi connectivity index (χ1n) is 7.61. The predicted octanol–water partition coefficient (Wildman–Crippen LogP) is 3.87. The minimum absolute atomic E-state index is 0.0884. The lowest BCUT2D eigenvalue weighted by atomic mass is 9.69. The molecule has 3 N–H and O–H groups in total. The zero-order valence-corrected chi connectivity index (χ0v) is 13.6. The van der Waals surface area contributed by atoms with Crippen molar-refractivity contribution in [3.63, 3.8) is 0 Å². The number of halogens is 1. The molecule has 0 saturated heterocycles. The second kappa shape index (κ2) is 4.64. The summed E-state index contributed by atoms with van der Waals surface area (Å²) >= 11 is 6.14. The van der Waals surface area contributed by atoms with Gasteiger partial charge in [-0.3, -0.25) is 4.79 Å². The molecule has 114 valence electrons. The average molecular weight is 307 g/mol. The van der Waals surface area contributed by atoms with E-state index in [1.807, 2.05) is 0 Å². The van der Waals surface area contributed by atoms with Gasteiger partial charge < -0.3 is 11.1 Å². The third-order valence-electron chi connectivity index (χ3n) is 6.34. The normalized spacial score (nSPS) is 33.1. The van der Waals surface area contributed by atoms with Crippen LogP contribution in [0.25, 0.3) is 0 Å². The molecule has 2 fully saturated rings. The largest absolute Gasteiger partial charge is 0.399 e. The summed E-state index contributed by atoms with van der Waals surface area (Å²) in [5.41, 5.74) is 7.23. The molecule has 1 amide bonds. The molecule has 0 heterocycles. The Labute approximate surface area is 131 Å². The van der Waals surface area contributed by atoms with Crippen LogP contribution in [0.15, 0.2) is 18.2 Å². The molecule has 4 heteroatoms. The number of nitrogen functional groups attached to an aromatic ring is 1. The van der Waals surface area contributed by atoms with Crippen molar-refractivity contribution in [1.82, 2.24) is 5.32 Å². The summed E-state index contributed by atoms with van der Waals surface area (Å²) < 4.78 is 0. The molecule has 1 aromatic rings. The summed E-state index contributed by atoms with van der Waals surface area (Å²) in [5, 5.41) is 3.64. The van der Waals surface area contributed by atoms with E-state index in [-0.39, 0.29) is 22.8 Å². The van der Waals surface area contributed by atoms with Crippen molar-refractivity contribution in [2.24, 2.45) is 16.7 Å². The monoisotopic (exact) mass is 306 g/mol. The molecule has 3 nitrogen and oxygen atoms in total. The molecule has 2 saturated carbocycles. The van der Waals surface area contributed by atoms with Crippen molar-refractivity contribution in [3.05, 3.63) is 28.8 Å². The van der Waals surface area contributed by atoms with Crippen LogP contribution in [0, 0.1) is 16.7 Å². The minimum atomic E-state index is -0.0884. The number of fused-ring (bicyclic) bond motifs is 2. The Morgan fingerprint density at radius 3 is 2.62 bits per heavy atom. The highest BCUT2D eigenvalue weighted by molar-refractivity contribution is 6.34. The van der Waals surface area contributed by atoms with E-state index < -0.39 is 0 Å². The lowest BCUT2D eigenvalue weighted by Gasteiger charge is -2.39. The molecule has 0 spiro atoms. The van der Waals surface area contributed by atoms with Gasteiger partial charge in [0.25, 0.3) is 5.91 Å². The lowest BCUT2D eigenvalue weighted by molar-refractivity contribution is 0.0826. The molecule has 1 aromatic carbocycles. The number of anilines is 1. The Morgan fingerprint density at radius 1 is 1.38 bits per heavy atom. The number of hydrogen-bond acceptors (Lipinski definition) is 2. The van der Waals surface area contributed by atoms with E-state index in [1.165, 1.54) is 12.8 Å². The third kappa shape index (κ3) is 2.05. The van der Waals surface area contributed by atoms with E-state index >= 15 is 0 Å². The highest BCUT2D eigenvalue weighted by atomic mass is 35.5. The van der Waals surface area contributed by atoms with Crippen LogP contribution in [0.2, 0.25) is 5.02 Å². The van der Waals surface area contributed by atoms with Gasteiger partial charge in [-0.1, -0.05) is 32.4 Å². The Balaban J connectivity index is 1.80. The van der Waals surface area contributed by atoms with Crippen LogP contribution in [0.1, 0.15) is 50.4 Å². The van der Waals surface area contributed by atoms with E-state index in [0.29, 0.717) is 22.2 Å². The highest BCUT2D eigenvalue weighted by Crippen LogP contribution is 2.65. The van der Waals surface area contributed by atoms with Gasteiger partial charge in [0, 0.05) is 11.7 Å². The van der Waals surface area contributed by atoms with Crippen molar-refractivity contribution in [1.29, 1.82) is 0 Å². The topological polar surface area (TPSA) is 55.1 Å². The van der Waals surface area contributed by atoms with Gasteiger partial charge in [-0.2, -0.15) is 0 Å². The molecule has 0 aromatic heterocycles. The van der Waals surface area contributed by atoms with Crippen LogP contribution in [0.5, 0.6) is 0 Å². The summed E-state index contributed by atoms with van der Waals surface area (Å²) in [7, 11) is 0. The Bertz CT molecular complexity index is 598. The molecule has 21 heavy (non-hydrogen) atoms. The van der Waals surface area contributed by atoms with E-state index in [1.54, 1.807) is 18.2 Å². The van der Waals surface area contributed by atoms with Crippen molar-refractivity contribution in [2.75, 3.05) is 5.73 Å².